The highest BCUT2D eigenvalue weighted by Gasteiger charge is 2.09. The Hall–Kier alpha value is -1.37. The first-order valence-electron chi connectivity index (χ1n) is 6.52. The van der Waals surface area contributed by atoms with Crippen LogP contribution in [0.2, 0.25) is 0 Å². The van der Waals surface area contributed by atoms with Crippen molar-refractivity contribution < 1.29 is 4.74 Å². The van der Waals surface area contributed by atoms with Gasteiger partial charge in [0.05, 0.1) is 12.5 Å². The summed E-state index contributed by atoms with van der Waals surface area (Å²) in [4.78, 5) is 0. The molecule has 1 rings (SSSR count). The molecule has 0 aliphatic rings. The molecule has 98 valence electrons. The Balaban J connectivity index is 2.29. The molecule has 0 spiro atoms. The van der Waals surface area contributed by atoms with E-state index in [1.54, 1.807) is 7.11 Å². The van der Waals surface area contributed by atoms with Crippen LogP contribution in [-0.2, 0) is 4.74 Å². The van der Waals surface area contributed by atoms with Crippen molar-refractivity contribution in [3.63, 3.8) is 0 Å². The number of rotatable bonds is 9. The van der Waals surface area contributed by atoms with Gasteiger partial charge in [0.2, 0.25) is 0 Å². The van der Waals surface area contributed by atoms with Gasteiger partial charge in [-0.1, -0.05) is 30.3 Å². The van der Waals surface area contributed by atoms with Crippen LogP contribution in [0.15, 0.2) is 30.3 Å². The number of hydrogen-bond donors (Lipinski definition) is 1. The monoisotopic (exact) mass is 246 g/mol. The maximum atomic E-state index is 8.86. The van der Waals surface area contributed by atoms with Gasteiger partial charge in [-0.15, -0.1) is 0 Å². The van der Waals surface area contributed by atoms with Crippen LogP contribution < -0.4 is 5.32 Å². The van der Waals surface area contributed by atoms with Crippen LogP contribution >= 0.6 is 0 Å². The van der Waals surface area contributed by atoms with Crippen molar-refractivity contribution in [2.75, 3.05) is 20.3 Å². The zero-order valence-corrected chi connectivity index (χ0v) is 11.1. The van der Waals surface area contributed by atoms with E-state index in [2.05, 4.69) is 23.5 Å². The van der Waals surface area contributed by atoms with E-state index in [9.17, 15) is 0 Å². The molecular formula is C15H22N2O. The van der Waals surface area contributed by atoms with Crippen molar-refractivity contribution in [1.29, 1.82) is 5.26 Å². The predicted molar refractivity (Wildman–Crippen MR) is 73.1 cm³/mol. The van der Waals surface area contributed by atoms with Crippen LogP contribution in [0.25, 0.3) is 0 Å². The van der Waals surface area contributed by atoms with Crippen molar-refractivity contribution in [3.8, 4) is 6.07 Å². The Morgan fingerprint density at radius 2 is 2.00 bits per heavy atom. The van der Waals surface area contributed by atoms with Crippen LogP contribution in [0.4, 0.5) is 0 Å². The third-order valence-corrected chi connectivity index (χ3v) is 2.91. The summed E-state index contributed by atoms with van der Waals surface area (Å²) in [6.45, 7) is 1.78. The van der Waals surface area contributed by atoms with E-state index >= 15 is 0 Å². The topological polar surface area (TPSA) is 45.0 Å². The van der Waals surface area contributed by atoms with Gasteiger partial charge in [0.15, 0.2) is 0 Å². The Bertz CT molecular complexity index is 345. The fourth-order valence-corrected chi connectivity index (χ4v) is 1.91. The lowest BCUT2D eigenvalue weighted by molar-refractivity contribution is 0.192. The van der Waals surface area contributed by atoms with Gasteiger partial charge >= 0.3 is 0 Å². The molecule has 0 aliphatic carbocycles. The Kier molecular flexibility index (Phi) is 7.87. The summed E-state index contributed by atoms with van der Waals surface area (Å²) in [5, 5.41) is 12.3. The minimum atomic E-state index is 0.152. The molecule has 0 heterocycles. The first-order chi connectivity index (χ1) is 8.88. The summed E-state index contributed by atoms with van der Waals surface area (Å²) in [7, 11) is 1.73. The predicted octanol–water partition coefficient (Wildman–Crippen LogP) is 3.05. The fourth-order valence-electron chi connectivity index (χ4n) is 1.91. The molecule has 3 nitrogen and oxygen atoms in total. The van der Waals surface area contributed by atoms with Crippen molar-refractivity contribution in [1.82, 2.24) is 5.32 Å². The number of unbranched alkanes of at least 4 members (excludes halogenated alkanes) is 2. The third kappa shape index (κ3) is 5.81. The number of nitriles is 1. The van der Waals surface area contributed by atoms with Gasteiger partial charge < -0.3 is 10.1 Å². The quantitative estimate of drug-likeness (QED) is 0.681. The summed E-state index contributed by atoms with van der Waals surface area (Å²) < 4.78 is 5.01. The highest BCUT2D eigenvalue weighted by Crippen LogP contribution is 2.15. The highest BCUT2D eigenvalue weighted by atomic mass is 16.5. The van der Waals surface area contributed by atoms with E-state index in [1.807, 2.05) is 18.2 Å². The lowest BCUT2D eigenvalue weighted by atomic mass is 10.0. The van der Waals surface area contributed by atoms with Gasteiger partial charge in [-0.3, -0.25) is 0 Å². The third-order valence-electron chi connectivity index (χ3n) is 2.91. The van der Waals surface area contributed by atoms with Crippen molar-refractivity contribution >= 4 is 0 Å². The summed E-state index contributed by atoms with van der Waals surface area (Å²) in [6.07, 6.45) is 3.90. The van der Waals surface area contributed by atoms with Gasteiger partial charge in [-0.25, -0.2) is 0 Å². The Labute approximate surface area is 110 Å². The van der Waals surface area contributed by atoms with E-state index in [1.165, 1.54) is 5.56 Å². The van der Waals surface area contributed by atoms with Crippen molar-refractivity contribution in [2.45, 2.75) is 31.7 Å². The SMILES string of the molecule is COCCCCCNC(CC#N)c1ccccc1. The molecule has 0 amide bonds. The number of ether oxygens (including phenoxy) is 1. The van der Waals surface area contributed by atoms with Crippen molar-refractivity contribution in [2.24, 2.45) is 0 Å². The number of nitrogens with one attached hydrogen (secondary N) is 1. The molecule has 1 N–H and O–H groups in total. The Morgan fingerprint density at radius 1 is 1.22 bits per heavy atom. The van der Waals surface area contributed by atoms with E-state index in [-0.39, 0.29) is 6.04 Å². The van der Waals surface area contributed by atoms with Crippen LogP contribution in [0.5, 0.6) is 0 Å². The largest absolute Gasteiger partial charge is 0.385 e. The second kappa shape index (κ2) is 9.64. The molecule has 0 bridgehead atoms. The van der Waals surface area contributed by atoms with E-state index < -0.39 is 0 Å². The van der Waals surface area contributed by atoms with Crippen LogP contribution in [-0.4, -0.2) is 20.3 Å². The molecule has 0 saturated carbocycles. The van der Waals surface area contributed by atoms with Gasteiger partial charge in [-0.05, 0) is 31.4 Å². The summed E-state index contributed by atoms with van der Waals surface area (Å²) in [6, 6.07) is 12.6. The second-order valence-corrected chi connectivity index (χ2v) is 4.33. The Morgan fingerprint density at radius 3 is 2.67 bits per heavy atom. The first-order valence-corrected chi connectivity index (χ1v) is 6.52. The maximum absolute atomic E-state index is 8.86. The van der Waals surface area contributed by atoms with Gasteiger partial charge in [0.1, 0.15) is 0 Å². The molecule has 1 atom stereocenters. The maximum Gasteiger partial charge on any atom is 0.0641 e. The van der Waals surface area contributed by atoms with E-state index in [0.29, 0.717) is 6.42 Å². The smallest absolute Gasteiger partial charge is 0.0641 e. The van der Waals surface area contributed by atoms with Crippen LogP contribution in [0.1, 0.15) is 37.3 Å². The van der Waals surface area contributed by atoms with E-state index in [4.69, 9.17) is 10.00 Å². The zero-order valence-electron chi connectivity index (χ0n) is 11.1. The molecule has 1 unspecified atom stereocenters. The van der Waals surface area contributed by atoms with E-state index in [0.717, 1.165) is 32.4 Å². The number of methoxy groups -OCH3 is 1. The number of hydrogen-bond acceptors (Lipinski definition) is 3. The van der Waals surface area contributed by atoms with Crippen LogP contribution in [0.3, 0.4) is 0 Å². The molecule has 0 saturated heterocycles. The average Bonchev–Trinajstić information content (AvgIpc) is 2.42. The summed E-state index contributed by atoms with van der Waals surface area (Å²) in [5.74, 6) is 0. The van der Waals surface area contributed by atoms with Crippen molar-refractivity contribution in [3.05, 3.63) is 35.9 Å². The molecule has 18 heavy (non-hydrogen) atoms. The average molecular weight is 246 g/mol. The molecule has 1 aromatic carbocycles. The molecule has 0 fully saturated rings. The van der Waals surface area contributed by atoms with Crippen LogP contribution in [0, 0.1) is 11.3 Å². The minimum absolute atomic E-state index is 0.152. The lowest BCUT2D eigenvalue weighted by Gasteiger charge is -2.16. The second-order valence-electron chi connectivity index (χ2n) is 4.33. The number of benzene rings is 1. The summed E-state index contributed by atoms with van der Waals surface area (Å²) in [5.41, 5.74) is 1.19. The van der Waals surface area contributed by atoms with Gasteiger partial charge in [0, 0.05) is 19.8 Å². The highest BCUT2D eigenvalue weighted by molar-refractivity contribution is 5.19. The summed E-state index contributed by atoms with van der Waals surface area (Å²) >= 11 is 0. The zero-order chi connectivity index (χ0) is 13.1. The molecular weight excluding hydrogens is 224 g/mol. The standard InChI is InChI=1S/C15H22N2O/c1-18-13-7-3-6-12-17-15(10-11-16)14-8-4-2-5-9-14/h2,4-5,8-9,15,17H,3,6-7,10,12-13H2,1H3. The first kappa shape index (κ1) is 14.7. The molecule has 3 heteroatoms. The fraction of sp³-hybridized carbons (Fsp3) is 0.533. The van der Waals surface area contributed by atoms with Gasteiger partial charge in [-0.2, -0.15) is 5.26 Å². The number of nitrogens with zero attached hydrogens (tertiary/aromatic N) is 1. The lowest BCUT2D eigenvalue weighted by Crippen LogP contribution is -2.22. The molecule has 0 radical (unpaired) electrons. The normalized spacial score (nSPS) is 12.0. The molecule has 0 aliphatic heterocycles. The molecule has 1 aromatic rings. The molecule has 0 aromatic heterocycles. The van der Waals surface area contributed by atoms with Gasteiger partial charge in [0.25, 0.3) is 0 Å². The minimum Gasteiger partial charge on any atom is -0.385 e.